The molecule has 0 radical (unpaired) electrons. The Morgan fingerprint density at radius 2 is 1.89 bits per heavy atom. The first-order valence-electron chi connectivity index (χ1n) is 14.8. The maximum atomic E-state index is 7.08. The lowest BCUT2D eigenvalue weighted by atomic mass is 9.67. The molecule has 8 heteroatoms. The van der Waals surface area contributed by atoms with E-state index in [1.165, 1.54) is 32.1 Å². The molecule has 1 aliphatic heterocycles. The van der Waals surface area contributed by atoms with Crippen molar-refractivity contribution < 1.29 is 4.58 Å². The summed E-state index contributed by atoms with van der Waals surface area (Å²) in [6, 6.07) is 7.69. The Morgan fingerprint density at radius 3 is 2.55 bits per heavy atom. The van der Waals surface area contributed by atoms with Crippen LogP contribution in [0.15, 0.2) is 30.6 Å². The minimum atomic E-state index is -0.356. The second-order valence-corrected chi connectivity index (χ2v) is 12.4. The summed E-state index contributed by atoms with van der Waals surface area (Å²) >= 11 is 0. The average Bonchev–Trinajstić information content (AvgIpc) is 2.88. The fourth-order valence-corrected chi connectivity index (χ4v) is 6.48. The Hall–Kier alpha value is -2.13. The normalized spacial score (nSPS) is 31.9. The van der Waals surface area contributed by atoms with Gasteiger partial charge < -0.3 is 38.1 Å². The number of nitrogens with two attached hydrogens (primary N) is 3. The molecule has 0 saturated heterocycles. The van der Waals surface area contributed by atoms with Gasteiger partial charge in [0.05, 0.1) is 12.7 Å². The highest BCUT2D eigenvalue weighted by Crippen LogP contribution is 2.36. The summed E-state index contributed by atoms with van der Waals surface area (Å²) in [5.74, 6) is 0.327. The van der Waals surface area contributed by atoms with E-state index >= 15 is 0 Å². The molecule has 2 unspecified atom stereocenters. The maximum Gasteiger partial charge on any atom is 0.184 e. The number of hydrogen-bond acceptors (Lipinski definition) is 7. The first kappa shape index (κ1) is 28.9. The molecule has 8 nitrogen and oxygen atoms in total. The Kier molecular flexibility index (Phi) is 9.74. The molecule has 2 saturated carbocycles. The minimum Gasteiger partial charge on any atom is -0.399 e. The van der Waals surface area contributed by atoms with Gasteiger partial charge in [0.15, 0.2) is 12.4 Å². The SMILES string of the molecule is Cc1cc(N)ccc1NC1CC(NC2CCC(NCCCN3C=C[N+](C)=CC3)CC2)[C@@H](N)C[C@]1(N)C(C)C. The molecular weight excluding hydrogens is 472 g/mol. The first-order valence-corrected chi connectivity index (χ1v) is 14.8. The number of rotatable bonds is 10. The third kappa shape index (κ3) is 7.29. The summed E-state index contributed by atoms with van der Waals surface area (Å²) < 4.78 is 2.12. The van der Waals surface area contributed by atoms with Gasteiger partial charge in [-0.25, -0.2) is 4.58 Å². The third-order valence-corrected chi connectivity index (χ3v) is 9.25. The van der Waals surface area contributed by atoms with Crippen molar-refractivity contribution in [2.75, 3.05) is 37.7 Å². The predicted octanol–water partition coefficient (Wildman–Crippen LogP) is 2.58. The standard InChI is InChI=1S/C30H53N8/c1-21(2)30(33)20-26(32)28(19-29(30)36-27-11-6-23(31)18-22(27)3)35-25-9-7-24(8-10-25)34-12-5-13-38-16-14-37(4)15-17-38/h6,11,14-16,18,21,24-26,28-29,34-36H,5,7-10,12-13,17,19-20,31-33H2,1-4H3/q+1/t24?,25?,26-,28?,29?,30-/m0/s1. The van der Waals surface area contributed by atoms with Crippen LogP contribution < -0.4 is 33.2 Å². The van der Waals surface area contributed by atoms with Crippen molar-refractivity contribution in [3.05, 3.63) is 36.2 Å². The lowest BCUT2D eigenvalue weighted by molar-refractivity contribution is -0.421. The topological polar surface area (TPSA) is 120 Å². The zero-order valence-electron chi connectivity index (χ0n) is 24.1. The van der Waals surface area contributed by atoms with Crippen LogP contribution in [0, 0.1) is 12.8 Å². The van der Waals surface area contributed by atoms with Crippen molar-refractivity contribution in [1.29, 1.82) is 0 Å². The van der Waals surface area contributed by atoms with Crippen molar-refractivity contribution in [2.24, 2.45) is 17.4 Å². The van der Waals surface area contributed by atoms with Gasteiger partial charge in [-0.3, -0.25) is 0 Å². The average molecular weight is 526 g/mol. The fourth-order valence-electron chi connectivity index (χ4n) is 6.48. The van der Waals surface area contributed by atoms with Gasteiger partial charge >= 0.3 is 0 Å². The minimum absolute atomic E-state index is 0.0599. The van der Waals surface area contributed by atoms with Crippen LogP contribution in [0.1, 0.15) is 64.4 Å². The van der Waals surface area contributed by atoms with Crippen molar-refractivity contribution in [1.82, 2.24) is 15.5 Å². The summed E-state index contributed by atoms with van der Waals surface area (Å²) in [5, 5.41) is 11.6. The molecule has 4 atom stereocenters. The van der Waals surface area contributed by atoms with Crippen LogP contribution >= 0.6 is 0 Å². The molecule has 4 rings (SSSR count). The Morgan fingerprint density at radius 1 is 1.16 bits per heavy atom. The van der Waals surface area contributed by atoms with E-state index in [0.717, 1.165) is 49.4 Å². The van der Waals surface area contributed by atoms with Crippen molar-refractivity contribution in [3.8, 4) is 0 Å². The van der Waals surface area contributed by atoms with Crippen LogP contribution in [0.5, 0.6) is 0 Å². The number of hydrogen-bond donors (Lipinski definition) is 6. The molecule has 38 heavy (non-hydrogen) atoms. The van der Waals surface area contributed by atoms with Gasteiger partial charge in [0.25, 0.3) is 0 Å². The summed E-state index contributed by atoms with van der Waals surface area (Å²) in [6.07, 6.45) is 14.3. The molecule has 212 valence electrons. The summed E-state index contributed by atoms with van der Waals surface area (Å²) in [4.78, 5) is 2.38. The molecule has 2 fully saturated rings. The Balaban J connectivity index is 1.24. The van der Waals surface area contributed by atoms with Gasteiger partial charge in [-0.1, -0.05) is 13.8 Å². The molecule has 1 aromatic rings. The number of nitrogens with one attached hydrogen (secondary N) is 3. The van der Waals surface area contributed by atoms with E-state index < -0.39 is 0 Å². The second-order valence-electron chi connectivity index (χ2n) is 12.4. The largest absolute Gasteiger partial charge is 0.399 e. The van der Waals surface area contributed by atoms with Gasteiger partial charge in [0.2, 0.25) is 0 Å². The van der Waals surface area contributed by atoms with E-state index in [9.17, 15) is 0 Å². The van der Waals surface area contributed by atoms with E-state index in [4.69, 9.17) is 17.2 Å². The zero-order chi connectivity index (χ0) is 27.3. The summed E-state index contributed by atoms with van der Waals surface area (Å²) in [6.45, 7) is 9.74. The molecule has 0 amide bonds. The first-order chi connectivity index (χ1) is 18.1. The molecule has 1 heterocycles. The van der Waals surface area contributed by atoms with Crippen LogP contribution in [0.3, 0.4) is 0 Å². The number of anilines is 2. The quantitative estimate of drug-likeness (QED) is 0.158. The number of benzene rings is 1. The van der Waals surface area contributed by atoms with E-state index in [2.05, 4.69) is 77.9 Å². The molecule has 9 N–H and O–H groups in total. The monoisotopic (exact) mass is 525 g/mol. The van der Waals surface area contributed by atoms with Crippen molar-refractivity contribution in [3.63, 3.8) is 0 Å². The fraction of sp³-hybridized carbons (Fsp3) is 0.700. The molecule has 0 aromatic heterocycles. The van der Waals surface area contributed by atoms with Crippen LogP contribution in [-0.2, 0) is 0 Å². The molecule has 0 bridgehead atoms. The molecular formula is C30H53N8+. The van der Waals surface area contributed by atoms with Gasteiger partial charge in [-0.2, -0.15) is 0 Å². The summed E-state index contributed by atoms with van der Waals surface area (Å²) in [5.41, 5.74) is 22.5. The lowest BCUT2D eigenvalue weighted by Crippen LogP contribution is -2.69. The van der Waals surface area contributed by atoms with E-state index in [-0.39, 0.29) is 23.7 Å². The van der Waals surface area contributed by atoms with Crippen LogP contribution in [0.4, 0.5) is 11.4 Å². The molecule has 0 spiro atoms. The van der Waals surface area contributed by atoms with Gasteiger partial charge in [-0.05, 0) is 88.1 Å². The predicted molar refractivity (Wildman–Crippen MR) is 161 cm³/mol. The van der Waals surface area contributed by atoms with Crippen LogP contribution in [0.25, 0.3) is 0 Å². The van der Waals surface area contributed by atoms with E-state index in [1.807, 2.05) is 12.1 Å². The Labute approximate surface area is 230 Å². The van der Waals surface area contributed by atoms with Crippen molar-refractivity contribution >= 4 is 17.6 Å². The number of nitrogens with zero attached hydrogens (tertiary/aromatic N) is 2. The van der Waals surface area contributed by atoms with Crippen LogP contribution in [-0.4, -0.2) is 78.1 Å². The second kappa shape index (κ2) is 12.8. The Bertz CT molecular complexity index is 967. The summed E-state index contributed by atoms with van der Waals surface area (Å²) in [7, 11) is 2.08. The smallest absolute Gasteiger partial charge is 0.184 e. The number of nitrogen functional groups attached to an aromatic ring is 1. The lowest BCUT2D eigenvalue weighted by Gasteiger charge is -2.51. The molecule has 3 aliphatic rings. The highest BCUT2D eigenvalue weighted by molar-refractivity contribution is 5.58. The number of aryl methyl sites for hydroxylation is 1. The maximum absolute atomic E-state index is 7.08. The molecule has 2 aliphatic carbocycles. The highest BCUT2D eigenvalue weighted by Gasteiger charge is 2.46. The van der Waals surface area contributed by atoms with Crippen LogP contribution in [0.2, 0.25) is 0 Å². The third-order valence-electron chi connectivity index (χ3n) is 9.25. The van der Waals surface area contributed by atoms with Gasteiger partial charge in [-0.15, -0.1) is 0 Å². The van der Waals surface area contributed by atoms with E-state index in [1.54, 1.807) is 0 Å². The van der Waals surface area contributed by atoms with E-state index in [0.29, 0.717) is 18.0 Å². The van der Waals surface area contributed by atoms with Gasteiger partial charge in [0, 0.05) is 53.7 Å². The van der Waals surface area contributed by atoms with Crippen molar-refractivity contribution in [2.45, 2.75) is 101 Å². The molecule has 1 aromatic carbocycles. The highest BCUT2D eigenvalue weighted by atomic mass is 15.2. The van der Waals surface area contributed by atoms with Gasteiger partial charge in [0.1, 0.15) is 7.05 Å². The zero-order valence-corrected chi connectivity index (χ0v) is 24.1.